The molecule has 0 radical (unpaired) electrons. The highest BCUT2D eigenvalue weighted by Gasteiger charge is 2.25. The number of nitrogens with one attached hydrogen (secondary N) is 1. The second-order valence-electron chi connectivity index (χ2n) is 7.40. The molecule has 31 heavy (non-hydrogen) atoms. The quantitative estimate of drug-likeness (QED) is 0.531. The van der Waals surface area contributed by atoms with Crippen LogP contribution in [0.5, 0.6) is 0 Å². The van der Waals surface area contributed by atoms with Crippen molar-refractivity contribution in [1.29, 1.82) is 0 Å². The fraction of sp³-hybridized carbons (Fsp3) is 0.174. The van der Waals surface area contributed by atoms with Crippen LogP contribution in [-0.2, 0) is 10.0 Å². The molecule has 0 atom stereocenters. The van der Waals surface area contributed by atoms with Gasteiger partial charge in [-0.1, -0.05) is 36.4 Å². The molecule has 3 heterocycles. The lowest BCUT2D eigenvalue weighted by Gasteiger charge is -2.31. The molecular formula is C23H21FN4O2S. The molecule has 6 nitrogen and oxygen atoms in total. The molecule has 0 unspecified atom stereocenters. The molecule has 2 aromatic carbocycles. The predicted molar refractivity (Wildman–Crippen MR) is 119 cm³/mol. The first-order chi connectivity index (χ1) is 15.1. The fourth-order valence-electron chi connectivity index (χ4n) is 4.06. The summed E-state index contributed by atoms with van der Waals surface area (Å²) in [5.41, 5.74) is 2.24. The van der Waals surface area contributed by atoms with Crippen LogP contribution in [0.3, 0.4) is 0 Å². The van der Waals surface area contributed by atoms with Crippen molar-refractivity contribution < 1.29 is 12.8 Å². The van der Waals surface area contributed by atoms with Gasteiger partial charge in [0.15, 0.2) is 5.65 Å². The molecule has 1 fully saturated rings. The third kappa shape index (κ3) is 3.37. The van der Waals surface area contributed by atoms with Crippen LogP contribution in [-0.4, -0.2) is 43.6 Å². The Kier molecular flexibility index (Phi) is 4.95. The van der Waals surface area contributed by atoms with Crippen molar-refractivity contribution in [2.45, 2.75) is 4.90 Å². The third-order valence-electron chi connectivity index (χ3n) is 5.55. The summed E-state index contributed by atoms with van der Waals surface area (Å²) in [6, 6.07) is 16.6. The predicted octanol–water partition coefficient (Wildman–Crippen LogP) is 3.49. The van der Waals surface area contributed by atoms with E-state index in [1.807, 2.05) is 0 Å². The van der Waals surface area contributed by atoms with Gasteiger partial charge < -0.3 is 10.2 Å². The standard InChI is InChI=1S/C23H21FN4O2S/c24-21-9-5-4-8-18(21)20-16-26-23-19(22(20)27-14-11-25-12-15-27)10-13-28(23)31(29,30)17-6-2-1-3-7-17/h1-10,13,16,25H,11-12,14-15H2. The van der Waals surface area contributed by atoms with Crippen LogP contribution < -0.4 is 10.2 Å². The average molecular weight is 437 g/mol. The van der Waals surface area contributed by atoms with E-state index >= 15 is 0 Å². The Morgan fingerprint density at radius 2 is 1.61 bits per heavy atom. The van der Waals surface area contributed by atoms with Crippen molar-refractivity contribution in [1.82, 2.24) is 14.3 Å². The Morgan fingerprint density at radius 1 is 0.903 bits per heavy atom. The van der Waals surface area contributed by atoms with Gasteiger partial charge in [-0.05, 0) is 24.3 Å². The number of hydrogen-bond acceptors (Lipinski definition) is 5. The smallest absolute Gasteiger partial charge is 0.269 e. The highest BCUT2D eigenvalue weighted by Crippen LogP contribution is 2.38. The highest BCUT2D eigenvalue weighted by atomic mass is 32.2. The number of nitrogens with zero attached hydrogens (tertiary/aromatic N) is 3. The zero-order valence-corrected chi connectivity index (χ0v) is 17.5. The molecule has 1 aliphatic heterocycles. The Morgan fingerprint density at radius 3 is 2.35 bits per heavy atom. The van der Waals surface area contributed by atoms with Crippen LogP contribution in [0, 0.1) is 5.82 Å². The molecule has 0 bridgehead atoms. The Hall–Kier alpha value is -3.23. The van der Waals surface area contributed by atoms with Gasteiger partial charge in [-0.3, -0.25) is 0 Å². The molecule has 4 aromatic rings. The minimum atomic E-state index is -3.81. The number of fused-ring (bicyclic) bond motifs is 1. The second kappa shape index (κ2) is 7.79. The molecule has 0 saturated carbocycles. The monoisotopic (exact) mass is 436 g/mol. The number of hydrogen-bond donors (Lipinski definition) is 1. The maximum Gasteiger partial charge on any atom is 0.269 e. The van der Waals surface area contributed by atoms with Crippen LogP contribution in [0.25, 0.3) is 22.2 Å². The van der Waals surface area contributed by atoms with Crippen molar-refractivity contribution in [3.63, 3.8) is 0 Å². The second-order valence-corrected chi connectivity index (χ2v) is 9.22. The summed E-state index contributed by atoms with van der Waals surface area (Å²) in [5.74, 6) is -0.337. The lowest BCUT2D eigenvalue weighted by Crippen LogP contribution is -2.43. The molecular weight excluding hydrogens is 415 g/mol. The van der Waals surface area contributed by atoms with Crippen LogP contribution in [0.1, 0.15) is 0 Å². The molecule has 1 aliphatic rings. The number of aromatic nitrogens is 2. The molecule has 0 spiro atoms. The lowest BCUT2D eigenvalue weighted by molar-refractivity contribution is 0.588. The summed E-state index contributed by atoms with van der Waals surface area (Å²) in [5, 5.41) is 4.00. The van der Waals surface area contributed by atoms with E-state index in [4.69, 9.17) is 0 Å². The molecule has 2 aromatic heterocycles. The van der Waals surface area contributed by atoms with Gasteiger partial charge in [-0.2, -0.15) is 0 Å². The Balaban J connectivity index is 1.75. The normalized spacial score (nSPS) is 14.8. The Bertz CT molecular complexity index is 1350. The summed E-state index contributed by atoms with van der Waals surface area (Å²) in [4.78, 5) is 6.84. The summed E-state index contributed by atoms with van der Waals surface area (Å²) in [6.45, 7) is 3.06. The van der Waals surface area contributed by atoms with Crippen LogP contribution in [0.4, 0.5) is 10.1 Å². The van der Waals surface area contributed by atoms with Crippen LogP contribution in [0.2, 0.25) is 0 Å². The third-order valence-corrected chi connectivity index (χ3v) is 7.23. The first-order valence-corrected chi connectivity index (χ1v) is 11.5. The van der Waals surface area contributed by atoms with Gasteiger partial charge in [-0.25, -0.2) is 21.8 Å². The number of pyridine rings is 1. The molecule has 5 rings (SSSR count). The van der Waals surface area contributed by atoms with E-state index in [-0.39, 0.29) is 10.7 Å². The van der Waals surface area contributed by atoms with Crippen molar-refractivity contribution in [2.75, 3.05) is 31.1 Å². The zero-order valence-electron chi connectivity index (χ0n) is 16.7. The number of halogens is 1. The average Bonchev–Trinajstić information content (AvgIpc) is 3.25. The van der Waals surface area contributed by atoms with Gasteiger partial charge in [0.05, 0.1) is 10.6 Å². The fourth-order valence-corrected chi connectivity index (χ4v) is 5.38. The SMILES string of the molecule is O=S(=O)(c1ccccc1)n1ccc2c(N3CCNCC3)c(-c3ccccc3F)cnc21. The summed E-state index contributed by atoms with van der Waals surface area (Å²) in [6.07, 6.45) is 3.10. The molecule has 0 aliphatic carbocycles. The van der Waals surface area contributed by atoms with Crippen LogP contribution >= 0.6 is 0 Å². The summed E-state index contributed by atoms with van der Waals surface area (Å²) in [7, 11) is -3.81. The molecule has 0 amide bonds. The number of rotatable bonds is 4. The minimum absolute atomic E-state index is 0.191. The molecule has 1 saturated heterocycles. The molecule has 1 N–H and O–H groups in total. The van der Waals surface area contributed by atoms with E-state index in [1.54, 1.807) is 60.8 Å². The van der Waals surface area contributed by atoms with E-state index in [9.17, 15) is 12.8 Å². The van der Waals surface area contributed by atoms with Crippen molar-refractivity contribution in [3.8, 4) is 11.1 Å². The largest absolute Gasteiger partial charge is 0.368 e. The van der Waals surface area contributed by atoms with Gasteiger partial charge in [0.2, 0.25) is 0 Å². The lowest BCUT2D eigenvalue weighted by atomic mass is 10.0. The maximum absolute atomic E-state index is 14.7. The van der Waals surface area contributed by atoms with Gasteiger partial charge in [0.1, 0.15) is 5.82 Å². The number of piperazine rings is 1. The van der Waals surface area contributed by atoms with Gasteiger partial charge in [-0.15, -0.1) is 0 Å². The van der Waals surface area contributed by atoms with Crippen molar-refractivity contribution in [2.24, 2.45) is 0 Å². The van der Waals surface area contributed by atoms with Gasteiger partial charge in [0, 0.05) is 55.1 Å². The molecule has 8 heteroatoms. The first kappa shape index (κ1) is 19.7. The minimum Gasteiger partial charge on any atom is -0.368 e. The van der Waals surface area contributed by atoms with E-state index in [0.29, 0.717) is 22.2 Å². The van der Waals surface area contributed by atoms with Gasteiger partial charge >= 0.3 is 0 Å². The van der Waals surface area contributed by atoms with Crippen LogP contribution in [0.15, 0.2) is 78.0 Å². The van der Waals surface area contributed by atoms with E-state index in [2.05, 4.69) is 15.2 Å². The maximum atomic E-state index is 14.7. The van der Waals surface area contributed by atoms with E-state index in [1.165, 1.54) is 16.2 Å². The Labute approximate surface area is 180 Å². The number of benzene rings is 2. The van der Waals surface area contributed by atoms with Gasteiger partial charge in [0.25, 0.3) is 10.0 Å². The topological polar surface area (TPSA) is 67.2 Å². The zero-order chi connectivity index (χ0) is 21.4. The highest BCUT2D eigenvalue weighted by molar-refractivity contribution is 7.90. The molecule has 158 valence electrons. The van der Waals surface area contributed by atoms with E-state index in [0.717, 1.165) is 31.9 Å². The first-order valence-electron chi connectivity index (χ1n) is 10.1. The summed E-state index contributed by atoms with van der Waals surface area (Å²) < 4.78 is 42.4. The van der Waals surface area contributed by atoms with E-state index < -0.39 is 10.0 Å². The van der Waals surface area contributed by atoms with Crippen molar-refractivity contribution in [3.05, 3.63) is 78.9 Å². The summed E-state index contributed by atoms with van der Waals surface area (Å²) >= 11 is 0. The van der Waals surface area contributed by atoms with Crippen molar-refractivity contribution >= 4 is 26.7 Å². The number of anilines is 1.